The maximum atomic E-state index is 12.0. The highest BCUT2D eigenvalue weighted by Gasteiger charge is 2.18. The van der Waals surface area contributed by atoms with E-state index in [9.17, 15) is 4.79 Å². The largest absolute Gasteiger partial charge is 0.378 e. The summed E-state index contributed by atoms with van der Waals surface area (Å²) in [6, 6.07) is 6.00. The van der Waals surface area contributed by atoms with Crippen LogP contribution >= 0.6 is 12.6 Å². The third-order valence-corrected chi connectivity index (χ3v) is 3.58. The van der Waals surface area contributed by atoms with Gasteiger partial charge in [-0.3, -0.25) is 4.79 Å². The van der Waals surface area contributed by atoms with Gasteiger partial charge in [0.15, 0.2) is 5.78 Å². The molecule has 3 nitrogen and oxygen atoms in total. The lowest BCUT2D eigenvalue weighted by Crippen LogP contribution is -2.37. The summed E-state index contributed by atoms with van der Waals surface area (Å²) in [5.74, 6) is 0.889. The highest BCUT2D eigenvalue weighted by molar-refractivity contribution is 7.79. The molecule has 0 saturated carbocycles. The van der Waals surface area contributed by atoms with Crippen LogP contribution in [0.1, 0.15) is 29.3 Å². The lowest BCUT2D eigenvalue weighted by atomic mass is 10.0. The second kappa shape index (κ2) is 6.25. The van der Waals surface area contributed by atoms with Crippen molar-refractivity contribution in [1.82, 2.24) is 0 Å². The molecule has 0 bridgehead atoms. The fourth-order valence-corrected chi connectivity index (χ4v) is 2.36. The van der Waals surface area contributed by atoms with E-state index < -0.39 is 0 Å². The van der Waals surface area contributed by atoms with Crippen LogP contribution in [-0.4, -0.2) is 32.1 Å². The van der Waals surface area contributed by atoms with E-state index in [1.165, 1.54) is 0 Å². The van der Waals surface area contributed by atoms with Crippen molar-refractivity contribution < 1.29 is 9.53 Å². The molecule has 18 heavy (non-hydrogen) atoms. The molecule has 0 N–H and O–H groups in total. The van der Waals surface area contributed by atoms with Gasteiger partial charge < -0.3 is 9.64 Å². The molecule has 1 fully saturated rings. The molecule has 4 heteroatoms. The number of benzene rings is 1. The van der Waals surface area contributed by atoms with Gasteiger partial charge in [0, 0.05) is 36.5 Å². The van der Waals surface area contributed by atoms with Crippen LogP contribution in [0.2, 0.25) is 0 Å². The van der Waals surface area contributed by atoms with Crippen molar-refractivity contribution in [2.75, 3.05) is 31.2 Å². The van der Waals surface area contributed by atoms with Gasteiger partial charge in [-0.1, -0.05) is 13.0 Å². The molecular formula is C14H19NO2S. The monoisotopic (exact) mass is 265 g/mol. The van der Waals surface area contributed by atoms with E-state index in [2.05, 4.69) is 23.6 Å². The number of nitrogens with zero attached hydrogens (tertiary/aromatic N) is 1. The first-order valence-electron chi connectivity index (χ1n) is 6.36. The molecule has 1 aliphatic rings. The normalized spacial score (nSPS) is 15.8. The maximum absolute atomic E-state index is 12.0. The number of morpholine rings is 1. The molecule has 0 spiro atoms. The molecule has 0 atom stereocenters. The minimum atomic E-state index is 0.196. The van der Waals surface area contributed by atoms with Crippen molar-refractivity contribution in [3.8, 4) is 0 Å². The lowest BCUT2D eigenvalue weighted by molar-refractivity contribution is 0.0986. The van der Waals surface area contributed by atoms with Crippen molar-refractivity contribution >= 4 is 24.1 Å². The first-order chi connectivity index (χ1) is 8.76. The van der Waals surface area contributed by atoms with Crippen molar-refractivity contribution in [3.05, 3.63) is 29.3 Å². The molecule has 1 aromatic rings. The highest BCUT2D eigenvalue weighted by atomic mass is 32.1. The van der Waals surface area contributed by atoms with Crippen molar-refractivity contribution in [2.24, 2.45) is 0 Å². The summed E-state index contributed by atoms with van der Waals surface area (Å²) < 4.78 is 5.36. The number of ketones is 1. The average molecular weight is 265 g/mol. The highest BCUT2D eigenvalue weighted by Crippen LogP contribution is 2.25. The molecule has 1 aromatic carbocycles. The molecule has 0 unspecified atom stereocenters. The summed E-state index contributed by atoms with van der Waals surface area (Å²) in [6.45, 7) is 5.05. The van der Waals surface area contributed by atoms with Crippen molar-refractivity contribution in [2.45, 2.75) is 19.1 Å². The Hall–Kier alpha value is -1.00. The predicted molar refractivity (Wildman–Crippen MR) is 76.8 cm³/mol. The van der Waals surface area contributed by atoms with E-state index in [1.54, 1.807) is 0 Å². The molecular weight excluding hydrogens is 246 g/mol. The van der Waals surface area contributed by atoms with Crippen LogP contribution in [0.5, 0.6) is 0 Å². The number of carbonyl (C=O) groups is 1. The topological polar surface area (TPSA) is 29.5 Å². The summed E-state index contributed by atoms with van der Waals surface area (Å²) in [4.78, 5) is 14.2. The molecule has 98 valence electrons. The molecule has 0 amide bonds. The van der Waals surface area contributed by atoms with Crippen molar-refractivity contribution in [3.63, 3.8) is 0 Å². The van der Waals surface area contributed by atoms with Crippen LogP contribution in [0.3, 0.4) is 0 Å². The van der Waals surface area contributed by atoms with E-state index in [4.69, 9.17) is 4.74 Å². The van der Waals surface area contributed by atoms with Crippen LogP contribution in [0.4, 0.5) is 5.69 Å². The zero-order chi connectivity index (χ0) is 13.0. The smallest absolute Gasteiger partial charge is 0.164 e. The Morgan fingerprint density at radius 1 is 1.39 bits per heavy atom. The Bertz CT molecular complexity index is 428. The summed E-state index contributed by atoms with van der Waals surface area (Å²) in [6.07, 6.45) is 0.539. The lowest BCUT2D eigenvalue weighted by Gasteiger charge is -2.30. The fraction of sp³-hybridized carbons (Fsp3) is 0.500. The van der Waals surface area contributed by atoms with E-state index >= 15 is 0 Å². The third-order valence-electron chi connectivity index (χ3n) is 3.22. The Morgan fingerprint density at radius 3 is 2.72 bits per heavy atom. The Labute approximate surface area is 114 Å². The van der Waals surface area contributed by atoms with Crippen molar-refractivity contribution in [1.29, 1.82) is 0 Å². The van der Waals surface area contributed by atoms with Crippen LogP contribution in [0, 0.1) is 0 Å². The van der Waals surface area contributed by atoms with Gasteiger partial charge in [0.05, 0.1) is 13.2 Å². The quantitative estimate of drug-likeness (QED) is 0.670. The third kappa shape index (κ3) is 2.87. The Kier molecular flexibility index (Phi) is 4.66. The second-order valence-electron chi connectivity index (χ2n) is 4.39. The van der Waals surface area contributed by atoms with Gasteiger partial charge in [0.25, 0.3) is 0 Å². The summed E-state index contributed by atoms with van der Waals surface area (Å²) >= 11 is 4.30. The number of hydrogen-bond donors (Lipinski definition) is 1. The SMILES string of the molecule is CCC(=O)c1ccc(CS)cc1N1CCOCC1. The summed E-state index contributed by atoms with van der Waals surface area (Å²) in [5, 5.41) is 0. The molecule has 0 aromatic heterocycles. The first-order valence-corrected chi connectivity index (χ1v) is 6.99. The number of ether oxygens (including phenoxy) is 1. The Balaban J connectivity index is 2.36. The van der Waals surface area contributed by atoms with Crippen LogP contribution in [0.25, 0.3) is 0 Å². The summed E-state index contributed by atoms with van der Waals surface area (Å²) in [5.41, 5.74) is 3.01. The summed E-state index contributed by atoms with van der Waals surface area (Å²) in [7, 11) is 0. The molecule has 0 radical (unpaired) electrons. The van der Waals surface area contributed by atoms with Gasteiger partial charge in [-0.15, -0.1) is 0 Å². The molecule has 1 heterocycles. The van der Waals surface area contributed by atoms with E-state index in [1.807, 2.05) is 19.1 Å². The van der Waals surface area contributed by atoms with Crippen LogP contribution < -0.4 is 4.90 Å². The van der Waals surface area contributed by atoms with E-state index in [-0.39, 0.29) is 5.78 Å². The van der Waals surface area contributed by atoms with Gasteiger partial charge in [0.1, 0.15) is 0 Å². The Morgan fingerprint density at radius 2 is 2.11 bits per heavy atom. The van der Waals surface area contributed by atoms with Gasteiger partial charge >= 0.3 is 0 Å². The fourth-order valence-electron chi connectivity index (χ4n) is 2.17. The first kappa shape index (κ1) is 13.4. The van der Waals surface area contributed by atoms with E-state index in [0.29, 0.717) is 12.2 Å². The van der Waals surface area contributed by atoms with Gasteiger partial charge in [0.2, 0.25) is 0 Å². The molecule has 1 saturated heterocycles. The van der Waals surface area contributed by atoms with E-state index in [0.717, 1.165) is 43.1 Å². The standard InChI is InChI=1S/C14H19NO2S/c1-2-14(16)12-4-3-11(10-18)9-13(12)15-5-7-17-8-6-15/h3-4,9,18H,2,5-8,10H2,1H3. The van der Waals surface area contributed by atoms with Gasteiger partial charge in [-0.05, 0) is 17.7 Å². The molecule has 0 aliphatic carbocycles. The minimum Gasteiger partial charge on any atom is -0.378 e. The minimum absolute atomic E-state index is 0.196. The second-order valence-corrected chi connectivity index (χ2v) is 4.70. The maximum Gasteiger partial charge on any atom is 0.164 e. The number of hydrogen-bond acceptors (Lipinski definition) is 4. The number of anilines is 1. The molecule has 2 rings (SSSR count). The number of thiol groups is 1. The zero-order valence-electron chi connectivity index (χ0n) is 10.7. The average Bonchev–Trinajstić information content (AvgIpc) is 2.46. The van der Waals surface area contributed by atoms with Gasteiger partial charge in [-0.25, -0.2) is 0 Å². The number of Topliss-reactive ketones (excluding diaryl/α,β-unsaturated/α-hetero) is 1. The zero-order valence-corrected chi connectivity index (χ0v) is 11.6. The molecule has 1 aliphatic heterocycles. The predicted octanol–water partition coefficient (Wildman–Crippen LogP) is 2.55. The van der Waals surface area contributed by atoms with Gasteiger partial charge in [-0.2, -0.15) is 12.6 Å². The number of carbonyl (C=O) groups excluding carboxylic acids is 1. The van der Waals surface area contributed by atoms with Crippen LogP contribution in [-0.2, 0) is 10.5 Å². The van der Waals surface area contributed by atoms with Crippen LogP contribution in [0.15, 0.2) is 18.2 Å². The number of rotatable bonds is 4.